The largest absolute Gasteiger partial charge is 0.416 e. The van der Waals surface area contributed by atoms with Crippen LogP contribution in [0, 0.1) is 13.8 Å². The fourth-order valence-electron chi connectivity index (χ4n) is 3.52. The van der Waals surface area contributed by atoms with E-state index >= 15 is 0 Å². The number of benzene rings is 2. The van der Waals surface area contributed by atoms with Gasteiger partial charge < -0.3 is 5.32 Å². The molecule has 0 unspecified atom stereocenters. The number of hydrogen-bond donors (Lipinski definition) is 1. The van der Waals surface area contributed by atoms with Crippen molar-refractivity contribution < 1.29 is 18.0 Å². The number of hydrogen-bond acceptors (Lipinski definition) is 3. The predicted molar refractivity (Wildman–Crippen MR) is 113 cm³/mol. The van der Waals surface area contributed by atoms with E-state index in [1.807, 2.05) is 38.1 Å². The average molecular weight is 424 g/mol. The van der Waals surface area contributed by atoms with Gasteiger partial charge in [-0.05, 0) is 55.3 Å². The first kappa shape index (κ1) is 20.6. The van der Waals surface area contributed by atoms with Crippen molar-refractivity contribution in [1.82, 2.24) is 14.8 Å². The number of carbonyl (C=O) groups excluding carboxylic acids is 1. The lowest BCUT2D eigenvalue weighted by Gasteiger charge is -2.09. The van der Waals surface area contributed by atoms with E-state index in [0.29, 0.717) is 5.65 Å². The number of rotatable bonds is 4. The Bertz CT molecular complexity index is 1260. The van der Waals surface area contributed by atoms with Crippen LogP contribution in [0.4, 0.5) is 18.9 Å². The molecule has 0 saturated heterocycles. The summed E-state index contributed by atoms with van der Waals surface area (Å²) in [5.74, 6) is -0.410. The highest BCUT2D eigenvalue weighted by Crippen LogP contribution is 2.31. The third kappa shape index (κ3) is 4.28. The van der Waals surface area contributed by atoms with Crippen molar-refractivity contribution in [3.05, 3.63) is 77.6 Å². The molecule has 4 aromatic rings. The summed E-state index contributed by atoms with van der Waals surface area (Å²) in [4.78, 5) is 16.9. The lowest BCUT2D eigenvalue weighted by molar-refractivity contribution is -0.137. The number of pyridine rings is 1. The SMILES string of the molecule is Cc1cccc(-c2ccnc3c2c(C)nn3CC(=O)Nc2ccc(C(F)(F)F)cc2)c1. The second kappa shape index (κ2) is 7.86. The Morgan fingerprint density at radius 2 is 1.81 bits per heavy atom. The Balaban J connectivity index is 1.59. The monoisotopic (exact) mass is 424 g/mol. The van der Waals surface area contributed by atoms with Crippen molar-refractivity contribution in [2.45, 2.75) is 26.6 Å². The third-order valence-corrected chi connectivity index (χ3v) is 4.93. The number of aryl methyl sites for hydroxylation is 2. The van der Waals surface area contributed by atoms with E-state index in [-0.39, 0.29) is 12.2 Å². The van der Waals surface area contributed by atoms with Crippen LogP contribution in [0.5, 0.6) is 0 Å². The van der Waals surface area contributed by atoms with Crippen molar-refractivity contribution >= 4 is 22.6 Å². The van der Waals surface area contributed by atoms with Gasteiger partial charge in [0.1, 0.15) is 6.54 Å². The van der Waals surface area contributed by atoms with Crippen LogP contribution in [0.2, 0.25) is 0 Å². The normalized spacial score (nSPS) is 11.6. The maximum atomic E-state index is 12.7. The van der Waals surface area contributed by atoms with Gasteiger partial charge in [-0.2, -0.15) is 18.3 Å². The predicted octanol–water partition coefficient (Wildman–Crippen LogP) is 5.37. The lowest BCUT2D eigenvalue weighted by Crippen LogP contribution is -2.20. The second-order valence-corrected chi connectivity index (χ2v) is 7.29. The van der Waals surface area contributed by atoms with E-state index in [1.165, 1.54) is 16.8 Å². The van der Waals surface area contributed by atoms with Gasteiger partial charge in [0.15, 0.2) is 5.65 Å². The van der Waals surface area contributed by atoms with Gasteiger partial charge in [-0.1, -0.05) is 29.8 Å². The van der Waals surface area contributed by atoms with Gasteiger partial charge in [0, 0.05) is 17.3 Å². The Morgan fingerprint density at radius 3 is 2.48 bits per heavy atom. The molecular weight excluding hydrogens is 405 g/mol. The fraction of sp³-hybridized carbons (Fsp3) is 0.174. The van der Waals surface area contributed by atoms with Crippen molar-refractivity contribution in [2.75, 3.05) is 5.32 Å². The Kier molecular flexibility index (Phi) is 5.22. The third-order valence-electron chi connectivity index (χ3n) is 4.93. The molecule has 1 amide bonds. The summed E-state index contributed by atoms with van der Waals surface area (Å²) >= 11 is 0. The maximum Gasteiger partial charge on any atom is 0.416 e. The molecule has 0 aliphatic carbocycles. The fourth-order valence-corrected chi connectivity index (χ4v) is 3.52. The smallest absolute Gasteiger partial charge is 0.324 e. The number of halogens is 3. The van der Waals surface area contributed by atoms with Crippen LogP contribution in [0.15, 0.2) is 60.8 Å². The molecule has 0 bridgehead atoms. The van der Waals surface area contributed by atoms with Crippen LogP contribution in [0.3, 0.4) is 0 Å². The number of anilines is 1. The minimum absolute atomic E-state index is 0.115. The van der Waals surface area contributed by atoms with Gasteiger partial charge in [-0.3, -0.25) is 4.79 Å². The number of nitrogens with zero attached hydrogens (tertiary/aromatic N) is 3. The topological polar surface area (TPSA) is 59.8 Å². The van der Waals surface area contributed by atoms with Crippen molar-refractivity contribution in [3.63, 3.8) is 0 Å². The minimum Gasteiger partial charge on any atom is -0.324 e. The summed E-state index contributed by atoms with van der Waals surface area (Å²) in [5, 5.41) is 7.93. The lowest BCUT2D eigenvalue weighted by atomic mass is 10.0. The summed E-state index contributed by atoms with van der Waals surface area (Å²) in [6.45, 7) is 3.76. The first-order chi connectivity index (χ1) is 14.7. The number of fused-ring (bicyclic) bond motifs is 1. The number of carbonyl (C=O) groups is 1. The zero-order chi connectivity index (χ0) is 22.2. The van der Waals surface area contributed by atoms with Gasteiger partial charge in [0.05, 0.1) is 11.3 Å². The highest BCUT2D eigenvalue weighted by molar-refractivity contribution is 5.96. The number of amides is 1. The molecule has 158 valence electrons. The van der Waals surface area contributed by atoms with Crippen LogP contribution >= 0.6 is 0 Å². The van der Waals surface area contributed by atoms with Crippen molar-refractivity contribution in [3.8, 4) is 11.1 Å². The van der Waals surface area contributed by atoms with Crippen LogP contribution in [0.25, 0.3) is 22.2 Å². The van der Waals surface area contributed by atoms with Crippen LogP contribution in [-0.2, 0) is 17.5 Å². The molecule has 0 atom stereocenters. The Hall–Kier alpha value is -3.68. The van der Waals surface area contributed by atoms with Gasteiger partial charge in [-0.15, -0.1) is 0 Å². The molecule has 1 N–H and O–H groups in total. The van der Waals surface area contributed by atoms with Crippen molar-refractivity contribution in [2.24, 2.45) is 0 Å². The first-order valence-corrected chi connectivity index (χ1v) is 9.58. The van der Waals surface area contributed by atoms with E-state index in [9.17, 15) is 18.0 Å². The van der Waals surface area contributed by atoms with Gasteiger partial charge >= 0.3 is 6.18 Å². The Morgan fingerprint density at radius 1 is 1.06 bits per heavy atom. The van der Waals surface area contributed by atoms with E-state index in [0.717, 1.165) is 39.9 Å². The van der Waals surface area contributed by atoms with Crippen LogP contribution in [-0.4, -0.2) is 20.7 Å². The molecule has 0 fully saturated rings. The molecule has 0 saturated carbocycles. The maximum absolute atomic E-state index is 12.7. The molecule has 2 aromatic heterocycles. The van der Waals surface area contributed by atoms with Crippen molar-refractivity contribution in [1.29, 1.82) is 0 Å². The average Bonchev–Trinajstić information content (AvgIpc) is 3.03. The van der Waals surface area contributed by atoms with E-state index < -0.39 is 17.6 Å². The summed E-state index contributed by atoms with van der Waals surface area (Å²) < 4.78 is 39.6. The molecular formula is C23H19F3N4O. The van der Waals surface area contributed by atoms with E-state index in [1.54, 1.807) is 6.20 Å². The first-order valence-electron chi connectivity index (χ1n) is 9.58. The zero-order valence-electron chi connectivity index (χ0n) is 16.9. The molecule has 0 radical (unpaired) electrons. The zero-order valence-corrected chi connectivity index (χ0v) is 16.9. The summed E-state index contributed by atoms with van der Waals surface area (Å²) in [5.41, 5.74) is 3.95. The second-order valence-electron chi connectivity index (χ2n) is 7.29. The molecule has 5 nitrogen and oxygen atoms in total. The molecule has 8 heteroatoms. The van der Waals surface area contributed by atoms with Gasteiger partial charge in [-0.25, -0.2) is 9.67 Å². The standard InChI is InChI=1S/C23H19F3N4O/c1-14-4-3-5-16(12-14)19-10-11-27-22-21(19)15(2)29-30(22)13-20(31)28-18-8-6-17(7-9-18)23(24,25)26/h3-12H,13H2,1-2H3,(H,28,31). The van der Waals surface area contributed by atoms with Gasteiger partial charge in [0.25, 0.3) is 0 Å². The molecule has 2 aromatic carbocycles. The molecule has 0 aliphatic heterocycles. The molecule has 31 heavy (non-hydrogen) atoms. The van der Waals surface area contributed by atoms with Gasteiger partial charge in [0.2, 0.25) is 5.91 Å². The number of alkyl halides is 3. The summed E-state index contributed by atoms with van der Waals surface area (Å²) in [6, 6.07) is 14.3. The van der Waals surface area contributed by atoms with Crippen LogP contribution < -0.4 is 5.32 Å². The quantitative estimate of drug-likeness (QED) is 0.479. The minimum atomic E-state index is -4.42. The molecule has 0 spiro atoms. The highest BCUT2D eigenvalue weighted by Gasteiger charge is 2.30. The summed E-state index contributed by atoms with van der Waals surface area (Å²) in [7, 11) is 0. The van der Waals surface area contributed by atoms with E-state index in [2.05, 4.69) is 21.5 Å². The van der Waals surface area contributed by atoms with Crippen LogP contribution in [0.1, 0.15) is 16.8 Å². The molecule has 2 heterocycles. The molecule has 0 aliphatic rings. The Labute approximate surface area is 176 Å². The number of nitrogens with one attached hydrogen (secondary N) is 1. The molecule has 4 rings (SSSR count). The van der Waals surface area contributed by atoms with E-state index in [4.69, 9.17) is 0 Å². The summed E-state index contributed by atoms with van der Waals surface area (Å²) in [6.07, 6.45) is -2.75. The number of aromatic nitrogens is 3. The highest BCUT2D eigenvalue weighted by atomic mass is 19.4.